The van der Waals surface area contributed by atoms with Crippen molar-refractivity contribution < 1.29 is 28.1 Å². The first-order chi connectivity index (χ1) is 12.7. The van der Waals surface area contributed by atoms with Crippen molar-refractivity contribution >= 4 is 29.2 Å². The van der Waals surface area contributed by atoms with Crippen LogP contribution in [-0.2, 0) is 9.63 Å². The highest BCUT2D eigenvalue weighted by molar-refractivity contribution is 6.58. The van der Waals surface area contributed by atoms with Crippen molar-refractivity contribution in [2.75, 3.05) is 4.90 Å². The van der Waals surface area contributed by atoms with E-state index in [9.17, 15) is 14.4 Å². The number of furan rings is 2. The largest absolute Gasteiger partial charge is 0.459 e. The minimum Gasteiger partial charge on any atom is -0.459 e. The summed E-state index contributed by atoms with van der Waals surface area (Å²) in [4.78, 5) is 42.9. The van der Waals surface area contributed by atoms with Gasteiger partial charge in [0.2, 0.25) is 5.76 Å². The molecule has 0 radical (unpaired) electrons. The van der Waals surface area contributed by atoms with Gasteiger partial charge in [0.25, 0.3) is 5.91 Å². The number of carbonyl (C=O) groups is 3. The maximum absolute atomic E-state index is 12.7. The van der Waals surface area contributed by atoms with Gasteiger partial charge in [-0.25, -0.2) is 9.69 Å². The smallest absolute Gasteiger partial charge is 0.400 e. The fourth-order valence-electron chi connectivity index (χ4n) is 2.53. The predicted octanol–water partition coefficient (Wildman–Crippen LogP) is 2.62. The Kier molecular flexibility index (Phi) is 3.70. The molecule has 2 aromatic heterocycles. The zero-order chi connectivity index (χ0) is 18.1. The first kappa shape index (κ1) is 15.6. The molecule has 8 heteroatoms. The third kappa shape index (κ3) is 2.49. The van der Waals surface area contributed by atoms with E-state index in [1.807, 2.05) is 0 Å². The second-order valence-corrected chi connectivity index (χ2v) is 5.24. The van der Waals surface area contributed by atoms with Crippen LogP contribution in [0.25, 0.3) is 0 Å². The van der Waals surface area contributed by atoms with Crippen LogP contribution >= 0.6 is 0 Å². The van der Waals surface area contributed by atoms with E-state index in [0.717, 1.165) is 4.90 Å². The number of carbonyl (C=O) groups excluding carboxylic acids is 3. The molecule has 0 unspecified atom stereocenters. The van der Waals surface area contributed by atoms with E-state index in [0.29, 0.717) is 11.3 Å². The molecular formula is C18H10N2O6. The van der Waals surface area contributed by atoms with Crippen molar-refractivity contribution in [3.05, 3.63) is 78.1 Å². The fraction of sp³-hybridized carbons (Fsp3) is 0. The fourth-order valence-corrected chi connectivity index (χ4v) is 2.53. The number of fused-ring (bicyclic) bond motifs is 1. The summed E-state index contributed by atoms with van der Waals surface area (Å²) >= 11 is 0. The van der Waals surface area contributed by atoms with E-state index >= 15 is 0 Å². The summed E-state index contributed by atoms with van der Waals surface area (Å²) in [6.45, 7) is 0. The Morgan fingerprint density at radius 1 is 0.923 bits per heavy atom. The molecule has 0 atom stereocenters. The highest BCUT2D eigenvalue weighted by atomic mass is 16.7. The summed E-state index contributed by atoms with van der Waals surface area (Å²) in [6.07, 6.45) is 2.64. The lowest BCUT2D eigenvalue weighted by Crippen LogP contribution is -2.36. The van der Waals surface area contributed by atoms with Gasteiger partial charge in [-0.15, -0.1) is 0 Å². The summed E-state index contributed by atoms with van der Waals surface area (Å²) in [5.74, 6) is -2.28. The highest BCUT2D eigenvalue weighted by Gasteiger charge is 2.40. The number of hydrogen-bond acceptors (Lipinski definition) is 7. The van der Waals surface area contributed by atoms with Gasteiger partial charge in [0.1, 0.15) is 0 Å². The van der Waals surface area contributed by atoms with Gasteiger partial charge in [0.15, 0.2) is 11.5 Å². The van der Waals surface area contributed by atoms with Crippen LogP contribution in [0.5, 0.6) is 0 Å². The van der Waals surface area contributed by atoms with E-state index < -0.39 is 17.8 Å². The molecule has 0 spiro atoms. The molecule has 4 rings (SSSR count). The normalized spacial score (nSPS) is 14.5. The molecule has 0 aliphatic carbocycles. The van der Waals surface area contributed by atoms with Crippen LogP contribution in [0, 0.1) is 0 Å². The van der Waals surface area contributed by atoms with Crippen molar-refractivity contribution in [1.82, 2.24) is 0 Å². The predicted molar refractivity (Wildman–Crippen MR) is 87.6 cm³/mol. The Labute approximate surface area is 146 Å². The van der Waals surface area contributed by atoms with Crippen molar-refractivity contribution in [3.8, 4) is 0 Å². The van der Waals surface area contributed by atoms with Gasteiger partial charge in [-0.1, -0.05) is 23.4 Å². The quantitative estimate of drug-likeness (QED) is 0.409. The molecule has 1 aliphatic heterocycles. The molecule has 3 heterocycles. The zero-order valence-corrected chi connectivity index (χ0v) is 13.1. The molecule has 0 saturated carbocycles. The minimum atomic E-state index is -0.858. The molecule has 128 valence electrons. The number of amides is 2. The van der Waals surface area contributed by atoms with E-state index in [2.05, 4.69) is 5.16 Å². The first-order valence-electron chi connectivity index (χ1n) is 7.51. The summed E-state index contributed by atoms with van der Waals surface area (Å²) in [7, 11) is 0. The maximum atomic E-state index is 12.7. The molecule has 1 aliphatic rings. The van der Waals surface area contributed by atoms with Crippen LogP contribution < -0.4 is 4.90 Å². The van der Waals surface area contributed by atoms with Crippen LogP contribution in [0.4, 0.5) is 5.69 Å². The number of rotatable bonds is 3. The molecule has 0 fully saturated rings. The molecule has 8 nitrogen and oxygen atoms in total. The van der Waals surface area contributed by atoms with Gasteiger partial charge in [-0.05, 0) is 30.3 Å². The standard InChI is InChI=1S/C18H10N2O6/c21-16(13-7-3-9-24-13)20-12-6-2-1-5-11(12)15(17(20)22)19-26-18(23)14-8-4-10-25-14/h1-10H. The summed E-state index contributed by atoms with van der Waals surface area (Å²) in [5, 5.41) is 3.65. The Hall–Kier alpha value is -3.94. The first-order valence-corrected chi connectivity index (χ1v) is 7.51. The van der Waals surface area contributed by atoms with Crippen molar-refractivity contribution in [1.29, 1.82) is 0 Å². The molecule has 0 bridgehead atoms. The number of oxime groups is 1. The van der Waals surface area contributed by atoms with E-state index in [1.165, 1.54) is 30.7 Å². The zero-order valence-electron chi connectivity index (χ0n) is 13.1. The summed E-state index contributed by atoms with van der Waals surface area (Å²) < 4.78 is 9.98. The lowest BCUT2D eigenvalue weighted by molar-refractivity contribution is -0.111. The molecule has 2 amide bonds. The molecule has 1 aromatic carbocycles. The van der Waals surface area contributed by atoms with E-state index in [1.54, 1.807) is 30.3 Å². The SMILES string of the molecule is O=C(ON=C1C(=O)N(C(=O)c2ccco2)c2ccccc21)c1ccco1. The average molecular weight is 350 g/mol. The Bertz CT molecular complexity index is 1020. The van der Waals surface area contributed by atoms with Crippen molar-refractivity contribution in [2.24, 2.45) is 5.16 Å². The van der Waals surface area contributed by atoms with Gasteiger partial charge < -0.3 is 13.7 Å². The van der Waals surface area contributed by atoms with Crippen LogP contribution in [0.15, 0.2) is 75.0 Å². The van der Waals surface area contributed by atoms with Gasteiger partial charge >= 0.3 is 11.9 Å². The maximum Gasteiger partial charge on any atom is 0.400 e. The molecular weight excluding hydrogens is 340 g/mol. The number of imide groups is 1. The second kappa shape index (κ2) is 6.17. The summed E-state index contributed by atoms with van der Waals surface area (Å²) in [5.41, 5.74) is 0.525. The van der Waals surface area contributed by atoms with E-state index in [-0.39, 0.29) is 17.2 Å². The van der Waals surface area contributed by atoms with Crippen LogP contribution in [0.1, 0.15) is 26.7 Å². The number of hydrogen-bond donors (Lipinski definition) is 0. The monoisotopic (exact) mass is 350 g/mol. The Balaban J connectivity index is 1.68. The van der Waals surface area contributed by atoms with Gasteiger partial charge in [0.05, 0.1) is 18.2 Å². The molecule has 0 N–H and O–H groups in total. The lowest BCUT2D eigenvalue weighted by Gasteiger charge is -2.12. The third-order valence-electron chi connectivity index (χ3n) is 3.68. The number of nitrogens with zero attached hydrogens (tertiary/aromatic N) is 2. The van der Waals surface area contributed by atoms with Gasteiger partial charge in [-0.2, -0.15) is 0 Å². The van der Waals surface area contributed by atoms with Gasteiger partial charge in [-0.3, -0.25) is 9.59 Å². The van der Waals surface area contributed by atoms with E-state index in [4.69, 9.17) is 13.7 Å². The van der Waals surface area contributed by atoms with Crippen molar-refractivity contribution in [3.63, 3.8) is 0 Å². The minimum absolute atomic E-state index is 0.00184. The Morgan fingerprint density at radius 3 is 2.31 bits per heavy atom. The van der Waals surface area contributed by atoms with Gasteiger partial charge in [0, 0.05) is 5.56 Å². The molecule has 0 saturated heterocycles. The average Bonchev–Trinajstić information content (AvgIpc) is 3.39. The molecule has 3 aromatic rings. The third-order valence-corrected chi connectivity index (χ3v) is 3.68. The van der Waals surface area contributed by atoms with Crippen LogP contribution in [-0.4, -0.2) is 23.5 Å². The van der Waals surface area contributed by atoms with Crippen LogP contribution in [0.2, 0.25) is 0 Å². The second-order valence-electron chi connectivity index (χ2n) is 5.24. The summed E-state index contributed by atoms with van der Waals surface area (Å²) in [6, 6.07) is 12.4. The lowest BCUT2D eigenvalue weighted by atomic mass is 10.1. The number of benzene rings is 1. The highest BCUT2D eigenvalue weighted by Crippen LogP contribution is 2.30. The molecule has 26 heavy (non-hydrogen) atoms. The van der Waals surface area contributed by atoms with Crippen LogP contribution in [0.3, 0.4) is 0 Å². The van der Waals surface area contributed by atoms with Crippen molar-refractivity contribution in [2.45, 2.75) is 0 Å². The topological polar surface area (TPSA) is 102 Å². The number of para-hydroxylation sites is 1. The Morgan fingerprint density at radius 2 is 1.62 bits per heavy atom. The number of anilines is 1.